The summed E-state index contributed by atoms with van der Waals surface area (Å²) in [5.74, 6) is -0.593. The molecule has 0 atom stereocenters. The highest BCUT2D eigenvalue weighted by atomic mass is 35.5. The Morgan fingerprint density at radius 1 is 0.900 bits per heavy atom. The maximum atomic E-state index is 13.6. The molecule has 214 valence electrons. The molecule has 40 heavy (non-hydrogen) atoms. The van der Waals surface area contributed by atoms with Gasteiger partial charge in [0.2, 0.25) is 26.0 Å². The Kier molecular flexibility index (Phi) is 9.89. The molecular weight excluding hydrogens is 595 g/mol. The molecule has 1 fully saturated rings. The molecule has 0 spiro atoms. The molecule has 9 nitrogen and oxygen atoms in total. The molecule has 4 rings (SSSR count). The fourth-order valence-electron chi connectivity index (χ4n) is 4.25. The van der Waals surface area contributed by atoms with Crippen LogP contribution in [0.4, 0.5) is 5.69 Å². The first-order valence-electron chi connectivity index (χ1n) is 12.5. The summed E-state index contributed by atoms with van der Waals surface area (Å²) in [7, 11) is -5.90. The van der Waals surface area contributed by atoms with Gasteiger partial charge < -0.3 is 10.2 Å². The highest BCUT2D eigenvalue weighted by Crippen LogP contribution is 2.28. The average Bonchev–Trinajstić information content (AvgIpc) is 2.93. The summed E-state index contributed by atoms with van der Waals surface area (Å²) >= 11 is 12.2. The van der Waals surface area contributed by atoms with Crippen LogP contribution in [0.3, 0.4) is 0 Å². The summed E-state index contributed by atoms with van der Waals surface area (Å²) in [6, 6.07) is 19.3. The van der Waals surface area contributed by atoms with Gasteiger partial charge in [-0.05, 0) is 61.5 Å². The number of nitrogens with zero attached hydrogens (tertiary/aromatic N) is 3. The van der Waals surface area contributed by atoms with Crippen LogP contribution < -0.4 is 5.32 Å². The number of rotatable bonds is 10. The van der Waals surface area contributed by atoms with Crippen LogP contribution >= 0.6 is 23.2 Å². The normalized spacial score (nSPS) is 15.3. The Morgan fingerprint density at radius 2 is 1.55 bits per heavy atom. The molecule has 3 aromatic rings. The first-order chi connectivity index (χ1) is 19.0. The van der Waals surface area contributed by atoms with Crippen LogP contribution in [0.5, 0.6) is 0 Å². The predicted molar refractivity (Wildman–Crippen MR) is 157 cm³/mol. The fourth-order valence-corrected chi connectivity index (χ4v) is 7.80. The van der Waals surface area contributed by atoms with Gasteiger partial charge in [-0.3, -0.25) is 4.79 Å². The SMILES string of the molecule is CN1CCN(S(=O)(=O)c2ccc(NC(=O)CN(CCc3ccccc3)S(=O)(=O)c3cc(Cl)ccc3Cl)cc2)CC1. The van der Waals surface area contributed by atoms with Crippen molar-refractivity contribution in [3.8, 4) is 0 Å². The monoisotopic (exact) mass is 624 g/mol. The maximum absolute atomic E-state index is 13.6. The van der Waals surface area contributed by atoms with Gasteiger partial charge in [-0.15, -0.1) is 0 Å². The van der Waals surface area contributed by atoms with Gasteiger partial charge in [0.25, 0.3) is 0 Å². The van der Waals surface area contributed by atoms with Gasteiger partial charge in [0.15, 0.2) is 0 Å². The highest BCUT2D eigenvalue weighted by molar-refractivity contribution is 7.89. The van der Waals surface area contributed by atoms with E-state index in [0.29, 0.717) is 38.3 Å². The number of carbonyl (C=O) groups excluding carboxylic acids is 1. The standard InChI is InChI=1S/C27H30Cl2N4O5S2/c1-31-15-17-32(18-16-31)39(35,36)24-10-8-23(9-11-24)30-27(34)20-33(14-13-21-5-3-2-4-6-21)40(37,38)26-19-22(28)7-12-25(26)29/h2-12,19H,13-18,20H2,1H3,(H,30,34). The number of nitrogens with one attached hydrogen (secondary N) is 1. The zero-order chi connectivity index (χ0) is 28.9. The van der Waals surface area contributed by atoms with Crippen molar-refractivity contribution < 1.29 is 21.6 Å². The molecule has 0 aromatic heterocycles. The molecule has 1 amide bonds. The van der Waals surface area contributed by atoms with Crippen LogP contribution in [0.1, 0.15) is 5.56 Å². The number of hydrogen-bond donors (Lipinski definition) is 1. The molecule has 0 bridgehead atoms. The minimum atomic E-state index is -4.19. The molecule has 1 heterocycles. The molecule has 1 N–H and O–H groups in total. The van der Waals surface area contributed by atoms with E-state index < -0.39 is 32.5 Å². The van der Waals surface area contributed by atoms with Crippen LogP contribution in [-0.4, -0.2) is 82.6 Å². The molecule has 1 aliphatic heterocycles. The van der Waals surface area contributed by atoms with Crippen molar-refractivity contribution in [2.75, 3.05) is 51.6 Å². The van der Waals surface area contributed by atoms with Gasteiger partial charge in [-0.2, -0.15) is 8.61 Å². The van der Waals surface area contributed by atoms with Crippen LogP contribution in [0.25, 0.3) is 0 Å². The summed E-state index contributed by atoms with van der Waals surface area (Å²) in [5.41, 5.74) is 1.24. The Bertz CT molecular complexity index is 1550. The number of anilines is 1. The van der Waals surface area contributed by atoms with Crippen molar-refractivity contribution >= 4 is 54.8 Å². The van der Waals surface area contributed by atoms with Crippen molar-refractivity contribution in [2.24, 2.45) is 0 Å². The topological polar surface area (TPSA) is 107 Å². The van der Waals surface area contributed by atoms with Crippen LogP contribution in [0.2, 0.25) is 10.0 Å². The first-order valence-corrected chi connectivity index (χ1v) is 16.2. The van der Waals surface area contributed by atoms with Crippen molar-refractivity contribution in [1.29, 1.82) is 0 Å². The molecule has 1 aliphatic rings. The Morgan fingerprint density at radius 3 is 2.20 bits per heavy atom. The quantitative estimate of drug-likeness (QED) is 0.368. The number of halogens is 2. The predicted octanol–water partition coefficient (Wildman–Crippen LogP) is 3.80. The third-order valence-corrected chi connectivity index (χ3v) is 11.0. The molecule has 0 unspecified atom stereocenters. The van der Waals surface area contributed by atoms with E-state index in [4.69, 9.17) is 23.2 Å². The maximum Gasteiger partial charge on any atom is 0.245 e. The second kappa shape index (κ2) is 13.0. The fraction of sp³-hybridized carbons (Fsp3) is 0.296. The first kappa shape index (κ1) is 30.4. The summed E-state index contributed by atoms with van der Waals surface area (Å²) in [6.45, 7) is 1.64. The van der Waals surface area contributed by atoms with Gasteiger partial charge in [0.1, 0.15) is 4.90 Å². The van der Waals surface area contributed by atoms with Crippen LogP contribution in [-0.2, 0) is 31.3 Å². The lowest BCUT2D eigenvalue weighted by Gasteiger charge is -2.31. The molecular formula is C27H30Cl2N4O5S2. The second-order valence-corrected chi connectivity index (χ2v) is 14.1. The third kappa shape index (κ3) is 7.41. The highest BCUT2D eigenvalue weighted by Gasteiger charge is 2.30. The van der Waals surface area contributed by atoms with Crippen molar-refractivity contribution in [3.05, 3.63) is 88.4 Å². The van der Waals surface area contributed by atoms with E-state index in [9.17, 15) is 21.6 Å². The average molecular weight is 626 g/mol. The van der Waals surface area contributed by atoms with Gasteiger partial charge in [0, 0.05) is 43.4 Å². The number of amides is 1. The third-order valence-electron chi connectivity index (χ3n) is 6.56. The molecule has 0 radical (unpaired) electrons. The Labute approximate surface area is 245 Å². The number of hydrogen-bond acceptors (Lipinski definition) is 6. The molecule has 3 aromatic carbocycles. The second-order valence-electron chi connectivity index (χ2n) is 9.43. The van der Waals surface area contributed by atoms with E-state index in [0.717, 1.165) is 9.87 Å². The van der Waals surface area contributed by atoms with E-state index in [-0.39, 0.29) is 26.4 Å². The largest absolute Gasteiger partial charge is 0.325 e. The number of likely N-dealkylation sites (N-methyl/N-ethyl adjacent to an activating group) is 1. The van der Waals surface area contributed by atoms with Gasteiger partial charge in [-0.1, -0.05) is 53.5 Å². The van der Waals surface area contributed by atoms with Crippen molar-refractivity contribution in [1.82, 2.24) is 13.5 Å². The van der Waals surface area contributed by atoms with E-state index in [1.54, 1.807) is 0 Å². The Hall–Kier alpha value is -2.51. The van der Waals surface area contributed by atoms with Gasteiger partial charge in [-0.25, -0.2) is 16.8 Å². The van der Waals surface area contributed by atoms with E-state index >= 15 is 0 Å². The Balaban J connectivity index is 1.49. The molecule has 0 aliphatic carbocycles. The summed E-state index contributed by atoms with van der Waals surface area (Å²) in [5, 5.41) is 2.85. The summed E-state index contributed by atoms with van der Waals surface area (Å²) in [4.78, 5) is 15.0. The summed E-state index contributed by atoms with van der Waals surface area (Å²) in [6.07, 6.45) is 0.365. The minimum Gasteiger partial charge on any atom is -0.325 e. The smallest absolute Gasteiger partial charge is 0.245 e. The number of benzene rings is 3. The number of sulfonamides is 2. The molecule has 1 saturated heterocycles. The lowest BCUT2D eigenvalue weighted by Crippen LogP contribution is -2.46. The van der Waals surface area contributed by atoms with Crippen LogP contribution in [0, 0.1) is 0 Å². The molecule has 0 saturated carbocycles. The minimum absolute atomic E-state index is 0.00771. The molecule has 13 heteroatoms. The van der Waals surface area contributed by atoms with Gasteiger partial charge in [0.05, 0.1) is 16.5 Å². The van der Waals surface area contributed by atoms with E-state index in [2.05, 4.69) is 10.2 Å². The summed E-state index contributed by atoms with van der Waals surface area (Å²) < 4.78 is 55.6. The number of carbonyl (C=O) groups is 1. The van der Waals surface area contributed by atoms with Crippen LogP contribution in [0.15, 0.2) is 82.6 Å². The number of piperazine rings is 1. The van der Waals surface area contributed by atoms with Crippen molar-refractivity contribution in [3.63, 3.8) is 0 Å². The van der Waals surface area contributed by atoms with E-state index in [1.165, 1.54) is 46.8 Å². The lowest BCUT2D eigenvalue weighted by molar-refractivity contribution is -0.116. The zero-order valence-electron chi connectivity index (χ0n) is 21.8. The van der Waals surface area contributed by atoms with Crippen molar-refractivity contribution in [2.45, 2.75) is 16.2 Å². The van der Waals surface area contributed by atoms with Gasteiger partial charge >= 0.3 is 0 Å². The lowest BCUT2D eigenvalue weighted by atomic mass is 10.1. The zero-order valence-corrected chi connectivity index (χ0v) is 25.0. The van der Waals surface area contributed by atoms with E-state index in [1.807, 2.05) is 37.4 Å².